The van der Waals surface area contributed by atoms with Crippen molar-refractivity contribution in [3.8, 4) is 0 Å². The highest BCUT2D eigenvalue weighted by Crippen LogP contribution is 2.20. The van der Waals surface area contributed by atoms with Crippen molar-refractivity contribution < 1.29 is 19.1 Å². The van der Waals surface area contributed by atoms with E-state index in [1.165, 1.54) is 23.8 Å². The van der Waals surface area contributed by atoms with E-state index in [4.69, 9.17) is 9.47 Å². The van der Waals surface area contributed by atoms with Gasteiger partial charge in [-0.3, -0.25) is 4.79 Å². The second kappa shape index (κ2) is 8.60. The van der Waals surface area contributed by atoms with Crippen LogP contribution in [-0.4, -0.2) is 51.3 Å². The standard InChI is InChI=1S/C14H19NO4S/c1-15(13(16)10-20-9-8-18-2)12-7-5-4-6-11(12)14(17)19-3/h4-7H,8-10H2,1-3H3. The summed E-state index contributed by atoms with van der Waals surface area (Å²) < 4.78 is 9.65. The van der Waals surface area contributed by atoms with E-state index in [0.29, 0.717) is 23.6 Å². The van der Waals surface area contributed by atoms with Crippen molar-refractivity contribution in [2.75, 3.05) is 44.3 Å². The zero-order chi connectivity index (χ0) is 15.0. The van der Waals surface area contributed by atoms with Crippen molar-refractivity contribution >= 4 is 29.3 Å². The number of benzene rings is 1. The molecule has 1 amide bonds. The van der Waals surface area contributed by atoms with E-state index in [0.717, 1.165) is 5.75 Å². The van der Waals surface area contributed by atoms with Gasteiger partial charge in [-0.15, -0.1) is 11.8 Å². The molecular weight excluding hydrogens is 278 g/mol. The molecule has 0 spiro atoms. The Morgan fingerprint density at radius 3 is 2.60 bits per heavy atom. The predicted octanol–water partition coefficient (Wildman–Crippen LogP) is 1.82. The number of nitrogens with zero attached hydrogens (tertiary/aromatic N) is 1. The van der Waals surface area contributed by atoms with Crippen LogP contribution in [-0.2, 0) is 14.3 Å². The highest BCUT2D eigenvalue weighted by Gasteiger charge is 2.18. The number of hydrogen-bond acceptors (Lipinski definition) is 5. The fraction of sp³-hybridized carbons (Fsp3) is 0.429. The van der Waals surface area contributed by atoms with Crippen LogP contribution in [0.25, 0.3) is 0 Å². The maximum Gasteiger partial charge on any atom is 0.339 e. The average molecular weight is 297 g/mol. The van der Waals surface area contributed by atoms with Crippen LogP contribution in [0.5, 0.6) is 0 Å². The number of ether oxygens (including phenoxy) is 2. The summed E-state index contributed by atoms with van der Waals surface area (Å²) in [5.74, 6) is 0.583. The van der Waals surface area contributed by atoms with Gasteiger partial charge in [-0.2, -0.15) is 0 Å². The largest absolute Gasteiger partial charge is 0.465 e. The number of carbonyl (C=O) groups is 2. The van der Waals surface area contributed by atoms with E-state index in [9.17, 15) is 9.59 Å². The van der Waals surface area contributed by atoms with Crippen molar-refractivity contribution in [1.29, 1.82) is 0 Å². The molecule has 0 bridgehead atoms. The highest BCUT2D eigenvalue weighted by atomic mass is 32.2. The topological polar surface area (TPSA) is 55.8 Å². The lowest BCUT2D eigenvalue weighted by molar-refractivity contribution is -0.115. The Balaban J connectivity index is 2.73. The van der Waals surface area contributed by atoms with Crippen molar-refractivity contribution in [2.45, 2.75) is 0 Å². The summed E-state index contributed by atoms with van der Waals surface area (Å²) in [6, 6.07) is 6.89. The molecule has 0 aliphatic carbocycles. The van der Waals surface area contributed by atoms with Crippen LogP contribution in [0.1, 0.15) is 10.4 Å². The highest BCUT2D eigenvalue weighted by molar-refractivity contribution is 7.99. The predicted molar refractivity (Wildman–Crippen MR) is 80.4 cm³/mol. The van der Waals surface area contributed by atoms with Gasteiger partial charge in [0.15, 0.2) is 0 Å². The van der Waals surface area contributed by atoms with Gasteiger partial charge >= 0.3 is 5.97 Å². The third kappa shape index (κ3) is 4.54. The molecule has 0 aliphatic heterocycles. The molecular formula is C14H19NO4S. The van der Waals surface area contributed by atoms with Crippen LogP contribution in [0.15, 0.2) is 24.3 Å². The molecule has 1 rings (SSSR count). The average Bonchev–Trinajstić information content (AvgIpc) is 2.49. The minimum atomic E-state index is -0.452. The number of anilines is 1. The van der Waals surface area contributed by atoms with Gasteiger partial charge in [0.05, 0.1) is 30.7 Å². The molecule has 0 saturated heterocycles. The molecule has 5 nitrogen and oxygen atoms in total. The Bertz CT molecular complexity index is 464. The lowest BCUT2D eigenvalue weighted by atomic mass is 10.1. The maximum atomic E-state index is 12.1. The molecule has 1 aromatic rings. The van der Waals surface area contributed by atoms with Crippen molar-refractivity contribution in [3.63, 3.8) is 0 Å². The fourth-order valence-corrected chi connectivity index (χ4v) is 2.38. The summed E-state index contributed by atoms with van der Waals surface area (Å²) in [6.07, 6.45) is 0. The van der Waals surface area contributed by atoms with E-state index in [2.05, 4.69) is 0 Å². The van der Waals surface area contributed by atoms with Crippen LogP contribution in [0, 0.1) is 0 Å². The van der Waals surface area contributed by atoms with Gasteiger partial charge in [0, 0.05) is 19.9 Å². The smallest absolute Gasteiger partial charge is 0.339 e. The number of esters is 1. The molecule has 0 unspecified atom stereocenters. The molecule has 0 aliphatic rings. The summed E-state index contributed by atoms with van der Waals surface area (Å²) >= 11 is 1.50. The minimum Gasteiger partial charge on any atom is -0.465 e. The number of hydrogen-bond donors (Lipinski definition) is 0. The van der Waals surface area contributed by atoms with Crippen molar-refractivity contribution in [2.24, 2.45) is 0 Å². The second-order valence-electron chi connectivity index (χ2n) is 4.01. The van der Waals surface area contributed by atoms with Crippen LogP contribution < -0.4 is 4.90 Å². The monoisotopic (exact) mass is 297 g/mol. The van der Waals surface area contributed by atoms with Crippen LogP contribution in [0.4, 0.5) is 5.69 Å². The lowest BCUT2D eigenvalue weighted by Gasteiger charge is -2.19. The second-order valence-corrected chi connectivity index (χ2v) is 5.11. The number of para-hydroxylation sites is 1. The first-order valence-electron chi connectivity index (χ1n) is 6.12. The van der Waals surface area contributed by atoms with Gasteiger partial charge in [-0.1, -0.05) is 12.1 Å². The Kier molecular flexibility index (Phi) is 7.11. The van der Waals surface area contributed by atoms with Crippen LogP contribution in [0.2, 0.25) is 0 Å². The third-order valence-corrected chi connectivity index (χ3v) is 3.61. The molecule has 0 atom stereocenters. The van der Waals surface area contributed by atoms with Crippen LogP contribution in [0.3, 0.4) is 0 Å². The van der Waals surface area contributed by atoms with Gasteiger partial charge in [0.1, 0.15) is 0 Å². The molecule has 0 saturated carbocycles. The molecule has 0 N–H and O–H groups in total. The summed E-state index contributed by atoms with van der Waals surface area (Å²) in [5, 5.41) is 0. The van der Waals surface area contributed by atoms with Gasteiger partial charge in [0.25, 0.3) is 0 Å². The van der Waals surface area contributed by atoms with Gasteiger partial charge in [0.2, 0.25) is 5.91 Å². The van der Waals surface area contributed by atoms with E-state index in [1.807, 2.05) is 0 Å². The van der Waals surface area contributed by atoms with E-state index >= 15 is 0 Å². The van der Waals surface area contributed by atoms with E-state index in [1.54, 1.807) is 38.4 Å². The molecule has 0 heterocycles. The molecule has 20 heavy (non-hydrogen) atoms. The number of methoxy groups -OCH3 is 2. The Morgan fingerprint density at radius 1 is 1.25 bits per heavy atom. The fourth-order valence-electron chi connectivity index (χ4n) is 1.58. The molecule has 1 aromatic carbocycles. The van der Waals surface area contributed by atoms with E-state index < -0.39 is 5.97 Å². The minimum absolute atomic E-state index is 0.0672. The zero-order valence-electron chi connectivity index (χ0n) is 11.9. The summed E-state index contributed by atoms with van der Waals surface area (Å²) in [7, 11) is 4.60. The number of thioether (sulfide) groups is 1. The first-order valence-corrected chi connectivity index (χ1v) is 7.27. The lowest BCUT2D eigenvalue weighted by Crippen LogP contribution is -2.29. The third-order valence-electron chi connectivity index (χ3n) is 2.70. The molecule has 0 fully saturated rings. The zero-order valence-corrected chi connectivity index (χ0v) is 12.7. The first-order chi connectivity index (χ1) is 9.61. The molecule has 0 radical (unpaired) electrons. The van der Waals surface area contributed by atoms with Crippen molar-refractivity contribution in [1.82, 2.24) is 0 Å². The summed E-state index contributed by atoms with van der Waals surface area (Å²) in [4.78, 5) is 25.2. The quantitative estimate of drug-likeness (QED) is 0.567. The molecule has 6 heteroatoms. The number of amides is 1. The van der Waals surface area contributed by atoms with E-state index in [-0.39, 0.29) is 5.91 Å². The number of rotatable bonds is 7. The van der Waals surface area contributed by atoms with Crippen LogP contribution >= 0.6 is 11.8 Å². The number of carbonyl (C=O) groups excluding carboxylic acids is 2. The summed E-state index contributed by atoms with van der Waals surface area (Å²) in [5.41, 5.74) is 0.935. The van der Waals surface area contributed by atoms with Gasteiger partial charge < -0.3 is 14.4 Å². The maximum absolute atomic E-state index is 12.1. The van der Waals surface area contributed by atoms with Crippen molar-refractivity contribution in [3.05, 3.63) is 29.8 Å². The van der Waals surface area contributed by atoms with Gasteiger partial charge in [-0.25, -0.2) is 4.79 Å². The van der Waals surface area contributed by atoms with Gasteiger partial charge in [-0.05, 0) is 12.1 Å². The Hall–Kier alpha value is -1.53. The molecule has 0 aromatic heterocycles. The molecule has 110 valence electrons. The first kappa shape index (κ1) is 16.5. The Morgan fingerprint density at radius 2 is 1.95 bits per heavy atom. The normalized spacial score (nSPS) is 10.2. The Labute approximate surface area is 123 Å². The summed E-state index contributed by atoms with van der Waals surface area (Å²) in [6.45, 7) is 0.612. The SMILES string of the molecule is COCCSCC(=O)N(C)c1ccccc1C(=O)OC.